The van der Waals surface area contributed by atoms with Crippen molar-refractivity contribution < 1.29 is 4.74 Å². The minimum absolute atomic E-state index is 0.523. The first kappa shape index (κ1) is 8.40. The number of hydrogen-bond acceptors (Lipinski definition) is 4. The summed E-state index contributed by atoms with van der Waals surface area (Å²) in [5.74, 6) is 0. The van der Waals surface area contributed by atoms with Crippen molar-refractivity contribution in [3.8, 4) is 0 Å². The molecule has 14 heavy (non-hydrogen) atoms. The average Bonchev–Trinajstić information content (AvgIpc) is 2.59. The van der Waals surface area contributed by atoms with Crippen LogP contribution in [0.1, 0.15) is 5.69 Å². The van der Waals surface area contributed by atoms with Gasteiger partial charge in [0.15, 0.2) is 4.96 Å². The molecule has 0 unspecified atom stereocenters. The van der Waals surface area contributed by atoms with Gasteiger partial charge in [0.25, 0.3) is 0 Å². The summed E-state index contributed by atoms with van der Waals surface area (Å²) < 4.78 is 7.14. The van der Waals surface area contributed by atoms with E-state index in [-0.39, 0.29) is 0 Å². The Bertz CT molecular complexity index is 403. The number of ether oxygens (including phenoxy) is 1. The van der Waals surface area contributed by atoms with Crippen LogP contribution in [0.5, 0.6) is 0 Å². The summed E-state index contributed by atoms with van der Waals surface area (Å²) in [7, 11) is 0. The fourth-order valence-electron chi connectivity index (χ4n) is 1.46. The molecule has 0 aliphatic carbocycles. The lowest BCUT2D eigenvalue weighted by Gasteiger charge is -2.26. The van der Waals surface area contributed by atoms with E-state index < -0.39 is 0 Å². The van der Waals surface area contributed by atoms with Gasteiger partial charge in [-0.25, -0.2) is 4.98 Å². The summed E-state index contributed by atoms with van der Waals surface area (Å²) >= 11 is 1.66. The maximum atomic E-state index is 5.08. The molecule has 0 radical (unpaired) electrons. The minimum atomic E-state index is 0.523. The quantitative estimate of drug-likeness (QED) is 0.815. The van der Waals surface area contributed by atoms with Gasteiger partial charge in [-0.2, -0.15) is 0 Å². The number of aromatic nitrogens is 2. The van der Waals surface area contributed by atoms with Gasteiger partial charge < -0.3 is 10.1 Å². The van der Waals surface area contributed by atoms with Crippen LogP contribution in [0.2, 0.25) is 0 Å². The lowest BCUT2D eigenvalue weighted by Crippen LogP contribution is -2.45. The molecule has 1 aliphatic heterocycles. The van der Waals surface area contributed by atoms with E-state index in [1.165, 1.54) is 0 Å². The van der Waals surface area contributed by atoms with E-state index in [1.54, 1.807) is 11.3 Å². The lowest BCUT2D eigenvalue weighted by atomic mass is 10.2. The monoisotopic (exact) mass is 209 g/mol. The van der Waals surface area contributed by atoms with Crippen LogP contribution in [-0.2, 0) is 11.3 Å². The number of nitrogens with one attached hydrogen (secondary N) is 1. The van der Waals surface area contributed by atoms with Crippen LogP contribution in [0.3, 0.4) is 0 Å². The van der Waals surface area contributed by atoms with Gasteiger partial charge in [0.2, 0.25) is 0 Å². The Morgan fingerprint density at radius 3 is 3.29 bits per heavy atom. The van der Waals surface area contributed by atoms with Crippen molar-refractivity contribution in [2.24, 2.45) is 0 Å². The Kier molecular flexibility index (Phi) is 2.01. The van der Waals surface area contributed by atoms with Gasteiger partial charge in [-0.3, -0.25) is 4.40 Å². The van der Waals surface area contributed by atoms with E-state index in [4.69, 9.17) is 4.74 Å². The fourth-order valence-corrected chi connectivity index (χ4v) is 2.18. The van der Waals surface area contributed by atoms with Crippen LogP contribution in [0.15, 0.2) is 17.8 Å². The number of hydrogen-bond donors (Lipinski definition) is 1. The van der Waals surface area contributed by atoms with Gasteiger partial charge in [0.05, 0.1) is 24.9 Å². The predicted molar refractivity (Wildman–Crippen MR) is 54.5 cm³/mol. The normalized spacial score (nSPS) is 17.4. The van der Waals surface area contributed by atoms with E-state index in [9.17, 15) is 0 Å². The van der Waals surface area contributed by atoms with Crippen molar-refractivity contribution in [3.63, 3.8) is 0 Å². The van der Waals surface area contributed by atoms with Crippen molar-refractivity contribution >= 4 is 16.3 Å². The number of fused-ring (bicyclic) bond motifs is 1. The Morgan fingerprint density at radius 1 is 1.64 bits per heavy atom. The van der Waals surface area contributed by atoms with Crippen LogP contribution >= 0.6 is 11.3 Å². The molecule has 0 atom stereocenters. The molecular formula is C9H11N3OS. The molecule has 0 bridgehead atoms. The molecule has 0 spiro atoms. The van der Waals surface area contributed by atoms with Crippen molar-refractivity contribution in [1.29, 1.82) is 0 Å². The van der Waals surface area contributed by atoms with E-state index in [1.807, 2.05) is 11.6 Å². The minimum Gasteiger partial charge on any atom is -0.378 e. The second-order valence-electron chi connectivity index (χ2n) is 3.44. The first-order valence-corrected chi connectivity index (χ1v) is 5.52. The molecule has 2 aromatic rings. The topological polar surface area (TPSA) is 38.6 Å². The summed E-state index contributed by atoms with van der Waals surface area (Å²) in [6.07, 6.45) is 4.10. The standard InChI is InChI=1S/C9H11N3OS/c1-2-14-9-11-7(4-12(1)9)3-10-8-5-13-6-8/h1-2,4,8,10H,3,5-6H2. The molecule has 4 nitrogen and oxygen atoms in total. The Balaban J connectivity index is 1.68. The first-order chi connectivity index (χ1) is 6.92. The summed E-state index contributed by atoms with van der Waals surface area (Å²) in [6, 6.07) is 0.523. The highest BCUT2D eigenvalue weighted by Gasteiger charge is 2.17. The van der Waals surface area contributed by atoms with Crippen LogP contribution in [0.25, 0.3) is 4.96 Å². The number of nitrogens with zero attached hydrogens (tertiary/aromatic N) is 2. The highest BCUT2D eigenvalue weighted by atomic mass is 32.1. The maximum absolute atomic E-state index is 5.08. The molecule has 5 heteroatoms. The molecule has 1 fully saturated rings. The van der Waals surface area contributed by atoms with Gasteiger partial charge >= 0.3 is 0 Å². The largest absolute Gasteiger partial charge is 0.378 e. The average molecular weight is 209 g/mol. The zero-order chi connectivity index (χ0) is 9.38. The second-order valence-corrected chi connectivity index (χ2v) is 4.31. The van der Waals surface area contributed by atoms with E-state index >= 15 is 0 Å². The van der Waals surface area contributed by atoms with E-state index in [0.29, 0.717) is 6.04 Å². The van der Waals surface area contributed by atoms with Crippen molar-refractivity contribution in [2.75, 3.05) is 13.2 Å². The van der Waals surface area contributed by atoms with Gasteiger partial charge in [0.1, 0.15) is 0 Å². The van der Waals surface area contributed by atoms with Gasteiger partial charge in [-0.05, 0) is 0 Å². The molecule has 74 valence electrons. The zero-order valence-corrected chi connectivity index (χ0v) is 8.46. The molecule has 1 N–H and O–H groups in total. The zero-order valence-electron chi connectivity index (χ0n) is 7.64. The summed E-state index contributed by atoms with van der Waals surface area (Å²) in [6.45, 7) is 2.51. The Morgan fingerprint density at radius 2 is 2.57 bits per heavy atom. The summed E-state index contributed by atoms with van der Waals surface area (Å²) in [5.41, 5.74) is 1.10. The molecule has 0 amide bonds. The highest BCUT2D eigenvalue weighted by Crippen LogP contribution is 2.11. The smallest absolute Gasteiger partial charge is 0.193 e. The summed E-state index contributed by atoms with van der Waals surface area (Å²) in [5, 5.41) is 5.43. The summed E-state index contributed by atoms with van der Waals surface area (Å²) in [4.78, 5) is 5.54. The van der Waals surface area contributed by atoms with Crippen LogP contribution < -0.4 is 5.32 Å². The van der Waals surface area contributed by atoms with Gasteiger partial charge in [0, 0.05) is 24.3 Å². The molecular weight excluding hydrogens is 198 g/mol. The van der Waals surface area contributed by atoms with Crippen LogP contribution in [0, 0.1) is 0 Å². The Labute approximate surface area is 85.5 Å². The molecule has 3 heterocycles. The number of rotatable bonds is 3. The van der Waals surface area contributed by atoms with E-state index in [2.05, 4.69) is 20.9 Å². The molecule has 2 aromatic heterocycles. The molecule has 0 saturated carbocycles. The SMILES string of the molecule is c1cn2cc(CNC3COC3)nc2s1. The maximum Gasteiger partial charge on any atom is 0.193 e. The molecule has 1 aliphatic rings. The third-order valence-corrected chi connectivity index (χ3v) is 3.12. The third kappa shape index (κ3) is 1.43. The molecule has 1 saturated heterocycles. The van der Waals surface area contributed by atoms with Crippen molar-refractivity contribution in [3.05, 3.63) is 23.5 Å². The first-order valence-electron chi connectivity index (χ1n) is 4.64. The van der Waals surface area contributed by atoms with Crippen LogP contribution in [0.4, 0.5) is 0 Å². The fraction of sp³-hybridized carbons (Fsp3) is 0.444. The highest BCUT2D eigenvalue weighted by molar-refractivity contribution is 7.15. The van der Waals surface area contributed by atoms with E-state index in [0.717, 1.165) is 30.4 Å². The number of thiazole rings is 1. The third-order valence-electron chi connectivity index (χ3n) is 2.35. The van der Waals surface area contributed by atoms with Gasteiger partial charge in [-0.15, -0.1) is 11.3 Å². The molecule has 0 aromatic carbocycles. The van der Waals surface area contributed by atoms with Crippen molar-refractivity contribution in [1.82, 2.24) is 14.7 Å². The van der Waals surface area contributed by atoms with Gasteiger partial charge in [-0.1, -0.05) is 0 Å². The number of imidazole rings is 1. The second kappa shape index (κ2) is 3.34. The van der Waals surface area contributed by atoms with Crippen LogP contribution in [-0.4, -0.2) is 28.6 Å². The Hall–Kier alpha value is -0.910. The lowest BCUT2D eigenvalue weighted by molar-refractivity contribution is -0.00589. The molecule has 3 rings (SSSR count). The predicted octanol–water partition coefficient (Wildman–Crippen LogP) is 0.884. The van der Waals surface area contributed by atoms with Crippen molar-refractivity contribution in [2.45, 2.75) is 12.6 Å².